The third-order valence-electron chi connectivity index (χ3n) is 3.96. The predicted octanol–water partition coefficient (Wildman–Crippen LogP) is 4.18. The van der Waals surface area contributed by atoms with Gasteiger partial charge in [0.2, 0.25) is 0 Å². The van der Waals surface area contributed by atoms with Crippen LogP contribution < -0.4 is 5.32 Å². The molecule has 0 radical (unpaired) electrons. The van der Waals surface area contributed by atoms with Crippen LogP contribution in [-0.4, -0.2) is 11.1 Å². The van der Waals surface area contributed by atoms with Gasteiger partial charge < -0.3 is 5.32 Å². The van der Waals surface area contributed by atoms with Gasteiger partial charge in [0.25, 0.3) is 0 Å². The molecule has 0 spiro atoms. The molecule has 1 aromatic carbocycles. The highest BCUT2D eigenvalue weighted by atomic mass is 15.0. The van der Waals surface area contributed by atoms with Crippen molar-refractivity contribution >= 4 is 0 Å². The molecule has 0 saturated carbocycles. The zero-order valence-corrected chi connectivity index (χ0v) is 12.3. The van der Waals surface area contributed by atoms with E-state index in [9.17, 15) is 0 Å². The minimum absolute atomic E-state index is 0.281. The van der Waals surface area contributed by atoms with Gasteiger partial charge in [-0.15, -0.1) is 0 Å². The van der Waals surface area contributed by atoms with Crippen LogP contribution in [0.5, 0.6) is 0 Å². The fraction of sp³-hybridized carbons (Fsp3) is 0.647. The summed E-state index contributed by atoms with van der Waals surface area (Å²) in [5.74, 6) is 0.844. The van der Waals surface area contributed by atoms with Crippen LogP contribution in [0.4, 0.5) is 0 Å². The van der Waals surface area contributed by atoms with Crippen molar-refractivity contribution in [2.24, 2.45) is 5.92 Å². The highest BCUT2D eigenvalue weighted by Gasteiger charge is 2.37. The third kappa shape index (κ3) is 3.84. The van der Waals surface area contributed by atoms with E-state index in [2.05, 4.69) is 63.3 Å². The first-order chi connectivity index (χ1) is 8.36. The summed E-state index contributed by atoms with van der Waals surface area (Å²) in [5.41, 5.74) is 2.04. The van der Waals surface area contributed by atoms with Crippen molar-refractivity contribution in [3.05, 3.63) is 35.9 Å². The van der Waals surface area contributed by atoms with Crippen molar-refractivity contribution in [3.8, 4) is 0 Å². The molecule has 1 N–H and O–H groups in total. The Labute approximate surface area is 112 Å². The third-order valence-corrected chi connectivity index (χ3v) is 3.96. The first-order valence-corrected chi connectivity index (χ1v) is 7.20. The number of hydrogen-bond donors (Lipinski definition) is 1. The second-order valence-corrected chi connectivity index (χ2v) is 7.19. The fourth-order valence-electron chi connectivity index (χ4n) is 3.75. The second kappa shape index (κ2) is 5.05. The first-order valence-electron chi connectivity index (χ1n) is 7.20. The molecule has 1 heteroatoms. The highest BCUT2D eigenvalue weighted by molar-refractivity contribution is 5.14. The zero-order chi connectivity index (χ0) is 13.2. The van der Waals surface area contributed by atoms with Gasteiger partial charge in [0.1, 0.15) is 0 Å². The van der Waals surface area contributed by atoms with Crippen LogP contribution in [0.15, 0.2) is 30.3 Å². The minimum atomic E-state index is 0.281. The number of piperidine rings is 1. The van der Waals surface area contributed by atoms with Crippen molar-refractivity contribution in [2.75, 3.05) is 0 Å². The zero-order valence-electron chi connectivity index (χ0n) is 12.3. The second-order valence-electron chi connectivity index (χ2n) is 7.19. The Morgan fingerprint density at radius 1 is 1.00 bits per heavy atom. The lowest BCUT2D eigenvalue weighted by atomic mass is 9.74. The van der Waals surface area contributed by atoms with Crippen molar-refractivity contribution in [1.29, 1.82) is 0 Å². The Bertz CT molecular complexity index is 362. The van der Waals surface area contributed by atoms with E-state index in [0.717, 1.165) is 5.92 Å². The van der Waals surface area contributed by atoms with Crippen LogP contribution >= 0.6 is 0 Å². The van der Waals surface area contributed by atoms with E-state index in [0.29, 0.717) is 0 Å². The van der Waals surface area contributed by atoms with Gasteiger partial charge in [-0.1, -0.05) is 30.3 Å². The monoisotopic (exact) mass is 245 g/mol. The van der Waals surface area contributed by atoms with Crippen molar-refractivity contribution in [2.45, 2.75) is 64.5 Å². The van der Waals surface area contributed by atoms with Gasteiger partial charge in [0.05, 0.1) is 0 Å². The molecule has 1 aromatic rings. The topological polar surface area (TPSA) is 12.0 Å². The summed E-state index contributed by atoms with van der Waals surface area (Å²) in [4.78, 5) is 0. The van der Waals surface area contributed by atoms with E-state index >= 15 is 0 Å². The Hall–Kier alpha value is -0.820. The lowest BCUT2D eigenvalue weighted by Gasteiger charge is -2.46. The molecule has 1 heterocycles. The average Bonchev–Trinajstić information content (AvgIpc) is 2.24. The normalized spacial score (nSPS) is 22.9. The smallest absolute Gasteiger partial charge is 0.0132 e. The number of hydrogen-bond acceptors (Lipinski definition) is 1. The molecule has 0 atom stereocenters. The Morgan fingerprint density at radius 3 is 2.11 bits per heavy atom. The molecule has 0 aromatic heterocycles. The van der Waals surface area contributed by atoms with E-state index < -0.39 is 0 Å². The fourth-order valence-corrected chi connectivity index (χ4v) is 3.75. The molecular formula is C17H27N. The molecule has 0 amide bonds. The van der Waals surface area contributed by atoms with Crippen LogP contribution in [0, 0.1) is 5.92 Å². The quantitative estimate of drug-likeness (QED) is 0.842. The van der Waals surface area contributed by atoms with Crippen LogP contribution in [0.1, 0.15) is 52.5 Å². The number of rotatable bonds is 3. The molecule has 0 bridgehead atoms. The standard InChI is InChI=1S/C17H27N/c1-16(2)12-15(13-17(3,4)18-16)11-10-14-8-6-5-7-9-14/h5-9,15,18H,10-13H2,1-4H3. The lowest BCUT2D eigenvalue weighted by Crippen LogP contribution is -2.57. The largest absolute Gasteiger partial charge is 0.307 e. The SMILES string of the molecule is CC1(C)CC(CCc2ccccc2)CC(C)(C)N1. The van der Waals surface area contributed by atoms with Gasteiger partial charge in [0, 0.05) is 11.1 Å². The van der Waals surface area contributed by atoms with Gasteiger partial charge in [0.15, 0.2) is 0 Å². The van der Waals surface area contributed by atoms with Gasteiger partial charge in [-0.2, -0.15) is 0 Å². The summed E-state index contributed by atoms with van der Waals surface area (Å²) < 4.78 is 0. The van der Waals surface area contributed by atoms with E-state index in [1.54, 1.807) is 0 Å². The van der Waals surface area contributed by atoms with Crippen molar-refractivity contribution in [1.82, 2.24) is 5.32 Å². The number of aryl methyl sites for hydroxylation is 1. The van der Waals surface area contributed by atoms with E-state index in [1.165, 1.54) is 31.2 Å². The van der Waals surface area contributed by atoms with Crippen LogP contribution in [0.2, 0.25) is 0 Å². The molecule has 1 aliphatic rings. The number of benzene rings is 1. The summed E-state index contributed by atoms with van der Waals surface area (Å²) in [6, 6.07) is 10.9. The van der Waals surface area contributed by atoms with Gasteiger partial charge >= 0.3 is 0 Å². The van der Waals surface area contributed by atoms with Gasteiger partial charge in [-0.25, -0.2) is 0 Å². The van der Waals surface area contributed by atoms with Crippen molar-refractivity contribution in [3.63, 3.8) is 0 Å². The molecule has 1 saturated heterocycles. The van der Waals surface area contributed by atoms with E-state index in [-0.39, 0.29) is 11.1 Å². The molecule has 1 aliphatic heterocycles. The lowest BCUT2D eigenvalue weighted by molar-refractivity contribution is 0.124. The molecular weight excluding hydrogens is 218 g/mol. The molecule has 2 rings (SSSR count). The van der Waals surface area contributed by atoms with Gasteiger partial charge in [-0.05, 0) is 64.9 Å². The summed E-state index contributed by atoms with van der Waals surface area (Å²) in [6.45, 7) is 9.35. The van der Waals surface area contributed by atoms with Crippen LogP contribution in [0.3, 0.4) is 0 Å². The maximum Gasteiger partial charge on any atom is 0.0132 e. The first kappa shape index (κ1) is 13.6. The van der Waals surface area contributed by atoms with E-state index in [1.807, 2.05) is 0 Å². The number of nitrogens with one attached hydrogen (secondary N) is 1. The molecule has 1 nitrogen and oxygen atoms in total. The Balaban J connectivity index is 1.93. The Morgan fingerprint density at radius 2 is 1.56 bits per heavy atom. The Kier molecular flexibility index (Phi) is 3.82. The summed E-state index contributed by atoms with van der Waals surface area (Å²) in [7, 11) is 0. The summed E-state index contributed by atoms with van der Waals surface area (Å²) in [6.07, 6.45) is 5.13. The molecule has 100 valence electrons. The molecule has 0 unspecified atom stereocenters. The van der Waals surface area contributed by atoms with Crippen molar-refractivity contribution < 1.29 is 0 Å². The molecule has 1 fully saturated rings. The maximum absolute atomic E-state index is 3.76. The highest BCUT2D eigenvalue weighted by Crippen LogP contribution is 2.35. The van der Waals surface area contributed by atoms with E-state index in [4.69, 9.17) is 0 Å². The molecule has 0 aliphatic carbocycles. The summed E-state index contributed by atoms with van der Waals surface area (Å²) >= 11 is 0. The van der Waals surface area contributed by atoms with Crippen LogP contribution in [-0.2, 0) is 6.42 Å². The predicted molar refractivity (Wildman–Crippen MR) is 78.8 cm³/mol. The van der Waals surface area contributed by atoms with Gasteiger partial charge in [-0.3, -0.25) is 0 Å². The summed E-state index contributed by atoms with van der Waals surface area (Å²) in [5, 5.41) is 3.76. The average molecular weight is 245 g/mol. The molecule has 18 heavy (non-hydrogen) atoms. The minimum Gasteiger partial charge on any atom is -0.307 e. The van der Waals surface area contributed by atoms with Crippen LogP contribution in [0.25, 0.3) is 0 Å². The maximum atomic E-state index is 3.76.